The number of hydrogen-bond donors (Lipinski definition) is 2. The van der Waals surface area contributed by atoms with Gasteiger partial charge in [-0.25, -0.2) is 0 Å². The first-order valence-corrected chi connectivity index (χ1v) is 5.65. The SMILES string of the molecule is CC1(C)CCC(C(C)(C)C(N)C(=O)O)C1. The number of rotatable bonds is 3. The fraction of sp³-hybridized carbons (Fsp3) is 0.917. The zero-order chi connectivity index (χ0) is 11.9. The van der Waals surface area contributed by atoms with Crippen molar-refractivity contribution >= 4 is 5.97 Å². The maximum absolute atomic E-state index is 10.9. The van der Waals surface area contributed by atoms with E-state index in [-0.39, 0.29) is 5.41 Å². The number of carbonyl (C=O) groups is 1. The van der Waals surface area contributed by atoms with E-state index in [4.69, 9.17) is 10.8 Å². The van der Waals surface area contributed by atoms with E-state index in [1.54, 1.807) is 0 Å². The minimum absolute atomic E-state index is 0.306. The molecule has 0 bridgehead atoms. The van der Waals surface area contributed by atoms with Gasteiger partial charge >= 0.3 is 5.97 Å². The van der Waals surface area contributed by atoms with Gasteiger partial charge in [-0.1, -0.05) is 27.7 Å². The summed E-state index contributed by atoms with van der Waals surface area (Å²) in [7, 11) is 0. The summed E-state index contributed by atoms with van der Waals surface area (Å²) in [6, 6.07) is -0.753. The van der Waals surface area contributed by atoms with Crippen LogP contribution in [-0.4, -0.2) is 17.1 Å². The van der Waals surface area contributed by atoms with E-state index in [1.165, 1.54) is 6.42 Å². The van der Waals surface area contributed by atoms with Crippen LogP contribution in [0, 0.1) is 16.7 Å². The molecule has 1 saturated carbocycles. The highest BCUT2D eigenvalue weighted by Crippen LogP contribution is 2.49. The first-order chi connectivity index (χ1) is 6.67. The van der Waals surface area contributed by atoms with Gasteiger partial charge < -0.3 is 10.8 Å². The molecular formula is C12H23NO2. The molecule has 0 saturated heterocycles. The second-order valence-electron chi connectivity index (χ2n) is 6.24. The Bertz CT molecular complexity index is 258. The van der Waals surface area contributed by atoms with Crippen molar-refractivity contribution in [3.8, 4) is 0 Å². The van der Waals surface area contributed by atoms with Gasteiger partial charge in [0, 0.05) is 0 Å². The standard InChI is InChI=1S/C12H23NO2/c1-11(2)6-5-8(7-11)12(3,4)9(13)10(14)15/h8-9H,5-7,13H2,1-4H3,(H,14,15). The van der Waals surface area contributed by atoms with Gasteiger partial charge in [0.1, 0.15) is 6.04 Å². The summed E-state index contributed by atoms with van der Waals surface area (Å²) >= 11 is 0. The molecule has 0 aromatic rings. The number of aliphatic carboxylic acids is 1. The lowest BCUT2D eigenvalue weighted by atomic mass is 9.71. The Hall–Kier alpha value is -0.570. The minimum atomic E-state index is -0.885. The number of nitrogens with two attached hydrogens (primary N) is 1. The van der Waals surface area contributed by atoms with Crippen LogP contribution in [0.5, 0.6) is 0 Å². The van der Waals surface area contributed by atoms with Crippen LogP contribution in [0.2, 0.25) is 0 Å². The van der Waals surface area contributed by atoms with Crippen LogP contribution in [0.3, 0.4) is 0 Å². The van der Waals surface area contributed by atoms with Gasteiger partial charge in [0.05, 0.1) is 0 Å². The van der Waals surface area contributed by atoms with Crippen LogP contribution in [0.15, 0.2) is 0 Å². The fourth-order valence-electron chi connectivity index (χ4n) is 2.64. The molecule has 1 aliphatic rings. The summed E-state index contributed by atoms with van der Waals surface area (Å²) < 4.78 is 0. The number of hydrogen-bond acceptors (Lipinski definition) is 2. The fourth-order valence-corrected chi connectivity index (χ4v) is 2.64. The average molecular weight is 213 g/mol. The van der Waals surface area contributed by atoms with E-state index in [1.807, 2.05) is 13.8 Å². The minimum Gasteiger partial charge on any atom is -0.480 e. The second-order valence-corrected chi connectivity index (χ2v) is 6.24. The molecule has 0 radical (unpaired) electrons. The van der Waals surface area contributed by atoms with E-state index in [2.05, 4.69) is 13.8 Å². The van der Waals surface area contributed by atoms with Crippen molar-refractivity contribution in [2.75, 3.05) is 0 Å². The lowest BCUT2D eigenvalue weighted by Crippen LogP contribution is -2.47. The van der Waals surface area contributed by atoms with Crippen LogP contribution in [0.4, 0.5) is 0 Å². The first-order valence-electron chi connectivity index (χ1n) is 5.65. The highest BCUT2D eigenvalue weighted by Gasteiger charge is 2.44. The molecule has 15 heavy (non-hydrogen) atoms. The summed E-state index contributed by atoms with van der Waals surface area (Å²) in [5, 5.41) is 8.98. The third-order valence-corrected chi connectivity index (χ3v) is 4.09. The van der Waals surface area contributed by atoms with Gasteiger partial charge in [-0.2, -0.15) is 0 Å². The van der Waals surface area contributed by atoms with Crippen molar-refractivity contribution < 1.29 is 9.90 Å². The summed E-state index contributed by atoms with van der Waals surface area (Å²) in [4.78, 5) is 10.9. The molecule has 88 valence electrons. The molecule has 0 aromatic heterocycles. The maximum Gasteiger partial charge on any atom is 0.321 e. The van der Waals surface area contributed by atoms with Crippen molar-refractivity contribution in [3.05, 3.63) is 0 Å². The molecule has 0 heterocycles. The lowest BCUT2D eigenvalue weighted by Gasteiger charge is -2.35. The Labute approximate surface area is 92.0 Å². The summed E-state index contributed by atoms with van der Waals surface area (Å²) in [5.74, 6) is -0.455. The predicted octanol–water partition coefficient (Wildman–Crippen LogP) is 2.25. The summed E-state index contributed by atoms with van der Waals surface area (Å²) in [6.07, 6.45) is 3.36. The summed E-state index contributed by atoms with van der Waals surface area (Å²) in [5.41, 5.74) is 5.80. The highest BCUT2D eigenvalue weighted by atomic mass is 16.4. The largest absolute Gasteiger partial charge is 0.480 e. The summed E-state index contributed by atoms with van der Waals surface area (Å²) in [6.45, 7) is 8.46. The Morgan fingerprint density at radius 3 is 2.40 bits per heavy atom. The van der Waals surface area contributed by atoms with Crippen molar-refractivity contribution in [1.29, 1.82) is 0 Å². The third-order valence-electron chi connectivity index (χ3n) is 4.09. The van der Waals surface area contributed by atoms with Crippen LogP contribution in [0.25, 0.3) is 0 Å². The average Bonchev–Trinajstić information content (AvgIpc) is 2.45. The van der Waals surface area contributed by atoms with Crippen molar-refractivity contribution in [1.82, 2.24) is 0 Å². The molecule has 3 nitrogen and oxygen atoms in total. The third kappa shape index (κ3) is 2.51. The van der Waals surface area contributed by atoms with E-state index in [9.17, 15) is 4.79 Å². The lowest BCUT2D eigenvalue weighted by molar-refractivity contribution is -0.142. The zero-order valence-electron chi connectivity index (χ0n) is 10.2. The quantitative estimate of drug-likeness (QED) is 0.755. The molecule has 2 atom stereocenters. The van der Waals surface area contributed by atoms with Crippen molar-refractivity contribution in [3.63, 3.8) is 0 Å². The maximum atomic E-state index is 10.9. The van der Waals surface area contributed by atoms with Gasteiger partial charge in [0.25, 0.3) is 0 Å². The molecular weight excluding hydrogens is 190 g/mol. The molecule has 0 aliphatic heterocycles. The molecule has 1 rings (SSSR count). The number of carboxylic acids is 1. The first kappa shape index (κ1) is 12.5. The Morgan fingerprint density at radius 1 is 1.53 bits per heavy atom. The molecule has 3 N–H and O–H groups in total. The van der Waals surface area contributed by atoms with Crippen LogP contribution in [0.1, 0.15) is 47.0 Å². The molecule has 0 amide bonds. The van der Waals surface area contributed by atoms with Crippen molar-refractivity contribution in [2.24, 2.45) is 22.5 Å². The smallest absolute Gasteiger partial charge is 0.321 e. The van der Waals surface area contributed by atoms with Crippen LogP contribution in [-0.2, 0) is 4.79 Å². The van der Waals surface area contributed by atoms with E-state index in [0.717, 1.165) is 12.8 Å². The van der Waals surface area contributed by atoms with Crippen LogP contribution < -0.4 is 5.73 Å². The second kappa shape index (κ2) is 3.78. The molecule has 1 fully saturated rings. The molecule has 2 unspecified atom stereocenters. The van der Waals surface area contributed by atoms with Gasteiger partial charge in [-0.05, 0) is 36.0 Å². The predicted molar refractivity (Wildman–Crippen MR) is 60.5 cm³/mol. The Balaban J connectivity index is 2.75. The van der Waals surface area contributed by atoms with Gasteiger partial charge in [0.15, 0.2) is 0 Å². The van der Waals surface area contributed by atoms with Gasteiger partial charge in [-0.15, -0.1) is 0 Å². The topological polar surface area (TPSA) is 63.3 Å². The molecule has 1 aliphatic carbocycles. The van der Waals surface area contributed by atoms with Crippen molar-refractivity contribution in [2.45, 2.75) is 53.0 Å². The molecule has 0 aromatic carbocycles. The Morgan fingerprint density at radius 2 is 2.07 bits per heavy atom. The van der Waals surface area contributed by atoms with Gasteiger partial charge in [-0.3, -0.25) is 4.79 Å². The number of carboxylic acid groups (broad SMARTS) is 1. The van der Waals surface area contributed by atoms with Gasteiger partial charge in [0.2, 0.25) is 0 Å². The highest BCUT2D eigenvalue weighted by molar-refractivity contribution is 5.74. The van der Waals surface area contributed by atoms with Crippen LogP contribution >= 0.6 is 0 Å². The van der Waals surface area contributed by atoms with E-state index >= 15 is 0 Å². The Kier molecular flexibility index (Phi) is 3.15. The molecule has 0 spiro atoms. The normalized spacial score (nSPS) is 27.7. The van der Waals surface area contributed by atoms with E-state index in [0.29, 0.717) is 11.3 Å². The van der Waals surface area contributed by atoms with E-state index < -0.39 is 12.0 Å². The zero-order valence-corrected chi connectivity index (χ0v) is 10.2. The molecule has 3 heteroatoms. The monoisotopic (exact) mass is 213 g/mol.